The first kappa shape index (κ1) is 21.3. The summed E-state index contributed by atoms with van der Waals surface area (Å²) in [6.07, 6.45) is 2.87. The Morgan fingerprint density at radius 1 is 1.13 bits per heavy atom. The molecule has 1 saturated carbocycles. The number of ether oxygens (including phenoxy) is 3. The van der Waals surface area contributed by atoms with Crippen LogP contribution in [0.25, 0.3) is 5.57 Å². The van der Waals surface area contributed by atoms with Crippen molar-refractivity contribution in [1.82, 2.24) is 0 Å². The smallest absolute Gasteiger partial charge is 0.307 e. The molecule has 1 aliphatic heterocycles. The minimum absolute atomic E-state index is 0.0784. The van der Waals surface area contributed by atoms with Gasteiger partial charge in [-0.25, -0.2) is 0 Å². The highest BCUT2D eigenvalue weighted by molar-refractivity contribution is 6.26. The molecule has 3 atom stereocenters. The molecule has 162 valence electrons. The van der Waals surface area contributed by atoms with E-state index in [2.05, 4.69) is 32.9 Å². The van der Waals surface area contributed by atoms with Crippen LogP contribution in [-0.4, -0.2) is 29.7 Å². The first-order valence-electron chi connectivity index (χ1n) is 11.0. The van der Waals surface area contributed by atoms with Crippen LogP contribution in [0.2, 0.25) is 0 Å². The van der Waals surface area contributed by atoms with Crippen molar-refractivity contribution in [2.24, 2.45) is 11.8 Å². The van der Waals surface area contributed by atoms with Gasteiger partial charge >= 0.3 is 5.97 Å². The average molecular weight is 413 g/mol. The lowest BCUT2D eigenvalue weighted by Crippen LogP contribution is -2.32. The zero-order chi connectivity index (χ0) is 21.8. The van der Waals surface area contributed by atoms with Gasteiger partial charge in [0.05, 0.1) is 17.8 Å². The molecule has 1 spiro atoms. The topological polar surface area (TPSA) is 61.8 Å². The Labute approximate surface area is 178 Å². The monoisotopic (exact) mass is 412 g/mol. The third-order valence-corrected chi connectivity index (χ3v) is 6.69. The van der Waals surface area contributed by atoms with Gasteiger partial charge in [0.2, 0.25) is 0 Å². The van der Waals surface area contributed by atoms with E-state index >= 15 is 0 Å². The number of Topliss-reactive ketones (excluding diaryl/α,β-unsaturated/α-hetero) is 1. The fourth-order valence-corrected chi connectivity index (χ4v) is 5.65. The summed E-state index contributed by atoms with van der Waals surface area (Å²) in [6.45, 7) is 12.0. The molecule has 2 fully saturated rings. The summed E-state index contributed by atoms with van der Waals surface area (Å²) in [5.74, 6) is -0.806. The Bertz CT molecular complexity index is 916. The molecule has 5 nitrogen and oxygen atoms in total. The average Bonchev–Trinajstić information content (AvgIpc) is 3.26. The van der Waals surface area contributed by atoms with Gasteiger partial charge in [0.25, 0.3) is 0 Å². The first-order chi connectivity index (χ1) is 14.1. The van der Waals surface area contributed by atoms with E-state index < -0.39 is 11.4 Å². The summed E-state index contributed by atoms with van der Waals surface area (Å²) in [5, 5.41) is 0. The number of carbonyl (C=O) groups is 2. The normalized spacial score (nSPS) is 29.7. The SMILES string of the molecule is CCc1cc(C)cc(CC)c1C1=C(OC(C)=O)[C@H]2C[C@@]3(COC(C)(C)O3)C[C@H]2C1=O. The van der Waals surface area contributed by atoms with Crippen LogP contribution in [0.3, 0.4) is 0 Å². The number of aryl methyl sites for hydroxylation is 3. The largest absolute Gasteiger partial charge is 0.430 e. The number of rotatable bonds is 4. The Hall–Kier alpha value is -1.98. The lowest BCUT2D eigenvalue weighted by molar-refractivity contribution is -0.161. The molecule has 0 radical (unpaired) electrons. The molecule has 1 saturated heterocycles. The van der Waals surface area contributed by atoms with E-state index in [9.17, 15) is 9.59 Å². The summed E-state index contributed by atoms with van der Waals surface area (Å²) in [6, 6.07) is 4.29. The van der Waals surface area contributed by atoms with Crippen LogP contribution in [-0.2, 0) is 36.6 Å². The van der Waals surface area contributed by atoms with Crippen molar-refractivity contribution in [2.75, 3.05) is 6.61 Å². The summed E-state index contributed by atoms with van der Waals surface area (Å²) in [4.78, 5) is 25.8. The minimum atomic E-state index is -0.655. The van der Waals surface area contributed by atoms with Gasteiger partial charge in [-0.2, -0.15) is 0 Å². The highest BCUT2D eigenvalue weighted by Gasteiger charge is 2.60. The van der Waals surface area contributed by atoms with Crippen molar-refractivity contribution in [3.63, 3.8) is 0 Å². The van der Waals surface area contributed by atoms with Crippen molar-refractivity contribution < 1.29 is 23.8 Å². The Morgan fingerprint density at radius 3 is 2.23 bits per heavy atom. The van der Waals surface area contributed by atoms with E-state index in [1.54, 1.807) is 0 Å². The molecule has 0 unspecified atom stereocenters. The van der Waals surface area contributed by atoms with Gasteiger partial charge in [0.1, 0.15) is 5.76 Å². The van der Waals surface area contributed by atoms with Crippen LogP contribution >= 0.6 is 0 Å². The second-order valence-corrected chi connectivity index (χ2v) is 9.46. The van der Waals surface area contributed by atoms with E-state index in [4.69, 9.17) is 14.2 Å². The molecule has 0 N–H and O–H groups in total. The van der Waals surface area contributed by atoms with Gasteiger partial charge in [-0.1, -0.05) is 31.5 Å². The van der Waals surface area contributed by atoms with Crippen molar-refractivity contribution >= 4 is 17.3 Å². The molecule has 3 aliphatic rings. The van der Waals surface area contributed by atoms with Crippen LogP contribution in [0.5, 0.6) is 0 Å². The maximum atomic E-state index is 13.8. The number of allylic oxidation sites excluding steroid dienone is 2. The molecule has 1 heterocycles. The van der Waals surface area contributed by atoms with Gasteiger partial charge in [-0.15, -0.1) is 0 Å². The van der Waals surface area contributed by atoms with Gasteiger partial charge < -0.3 is 14.2 Å². The fraction of sp³-hybridized carbons (Fsp3) is 0.600. The maximum absolute atomic E-state index is 13.8. The van der Waals surface area contributed by atoms with Crippen molar-refractivity contribution in [2.45, 2.75) is 78.6 Å². The molecular formula is C25H32O5. The molecule has 2 aliphatic carbocycles. The van der Waals surface area contributed by atoms with Crippen molar-refractivity contribution in [3.05, 3.63) is 40.1 Å². The van der Waals surface area contributed by atoms with E-state index in [1.165, 1.54) is 12.5 Å². The van der Waals surface area contributed by atoms with Gasteiger partial charge in [0, 0.05) is 18.8 Å². The molecule has 1 aromatic carbocycles. The summed E-state index contributed by atoms with van der Waals surface area (Å²) in [5.41, 5.74) is 4.55. The Balaban J connectivity index is 1.84. The fourth-order valence-electron chi connectivity index (χ4n) is 5.65. The lowest BCUT2D eigenvalue weighted by Gasteiger charge is -2.26. The molecular weight excluding hydrogens is 380 g/mol. The number of fused-ring (bicyclic) bond motifs is 1. The van der Waals surface area contributed by atoms with E-state index in [0.717, 1.165) is 29.5 Å². The van der Waals surface area contributed by atoms with Crippen molar-refractivity contribution in [3.8, 4) is 0 Å². The highest BCUT2D eigenvalue weighted by atomic mass is 16.8. The lowest BCUT2D eigenvalue weighted by atomic mass is 9.86. The van der Waals surface area contributed by atoms with Crippen LogP contribution < -0.4 is 0 Å². The van der Waals surface area contributed by atoms with Gasteiger partial charge in [-0.3, -0.25) is 9.59 Å². The van der Waals surface area contributed by atoms with Crippen LogP contribution in [0, 0.1) is 18.8 Å². The molecule has 5 heteroatoms. The predicted octanol–water partition coefficient (Wildman–Crippen LogP) is 4.52. The van der Waals surface area contributed by atoms with Gasteiger partial charge in [0.15, 0.2) is 11.6 Å². The van der Waals surface area contributed by atoms with Crippen LogP contribution in [0.4, 0.5) is 0 Å². The highest BCUT2D eigenvalue weighted by Crippen LogP contribution is 2.56. The van der Waals surface area contributed by atoms with Gasteiger partial charge in [-0.05, 0) is 63.1 Å². The predicted molar refractivity (Wildman–Crippen MR) is 114 cm³/mol. The summed E-state index contributed by atoms with van der Waals surface area (Å²) in [7, 11) is 0. The van der Waals surface area contributed by atoms with E-state index in [-0.39, 0.29) is 23.6 Å². The van der Waals surface area contributed by atoms with E-state index in [0.29, 0.717) is 30.8 Å². The maximum Gasteiger partial charge on any atom is 0.307 e. The van der Waals surface area contributed by atoms with Crippen LogP contribution in [0.1, 0.15) is 69.7 Å². The molecule has 30 heavy (non-hydrogen) atoms. The molecule has 4 rings (SSSR count). The number of esters is 1. The van der Waals surface area contributed by atoms with Crippen LogP contribution in [0.15, 0.2) is 17.9 Å². The minimum Gasteiger partial charge on any atom is -0.430 e. The molecule has 0 amide bonds. The molecule has 0 bridgehead atoms. The Morgan fingerprint density at radius 2 is 1.73 bits per heavy atom. The number of hydrogen-bond donors (Lipinski definition) is 0. The standard InChI is InChI=1S/C25H32O5/c1-7-16-9-14(3)10-17(8-2)20(16)21-22(27)18-11-25(13-28-24(5,6)30-25)12-19(18)23(21)29-15(4)26/h9-10,18-19H,7-8,11-13H2,1-6H3/t18-,19+,25-/m1/s1. The third kappa shape index (κ3) is 3.42. The second kappa shape index (κ2) is 7.31. The number of carbonyl (C=O) groups excluding carboxylic acids is 2. The zero-order valence-corrected chi connectivity index (χ0v) is 18.9. The summed E-state index contributed by atoms with van der Waals surface area (Å²) >= 11 is 0. The number of benzene rings is 1. The molecule has 1 aromatic rings. The van der Waals surface area contributed by atoms with Crippen molar-refractivity contribution in [1.29, 1.82) is 0 Å². The molecule has 0 aromatic heterocycles. The number of hydrogen-bond acceptors (Lipinski definition) is 5. The zero-order valence-electron chi connectivity index (χ0n) is 18.9. The summed E-state index contributed by atoms with van der Waals surface area (Å²) < 4.78 is 17.8. The quantitative estimate of drug-likeness (QED) is 0.680. The number of ketones is 1. The van der Waals surface area contributed by atoms with E-state index in [1.807, 2.05) is 13.8 Å². The third-order valence-electron chi connectivity index (χ3n) is 6.69. The Kier molecular flexibility index (Phi) is 5.18. The first-order valence-corrected chi connectivity index (χ1v) is 11.0. The second-order valence-electron chi connectivity index (χ2n) is 9.46.